The van der Waals surface area contributed by atoms with Gasteiger partial charge in [0.25, 0.3) is 0 Å². The summed E-state index contributed by atoms with van der Waals surface area (Å²) in [5.74, 6) is 2.20. The van der Waals surface area contributed by atoms with E-state index in [1.807, 2.05) is 24.3 Å². The van der Waals surface area contributed by atoms with Crippen LogP contribution in [0.1, 0.15) is 35.4 Å². The first kappa shape index (κ1) is 19.4. The Morgan fingerprint density at radius 2 is 1.68 bits per heavy atom. The molecule has 3 aromatic rings. The second-order valence-corrected chi connectivity index (χ2v) is 7.99. The molecule has 31 heavy (non-hydrogen) atoms. The van der Waals surface area contributed by atoms with Crippen molar-refractivity contribution in [1.82, 2.24) is 4.98 Å². The number of nitrogens with zero attached hydrogens (tertiary/aromatic N) is 4. The highest BCUT2D eigenvalue weighted by Gasteiger charge is 2.44. The highest BCUT2D eigenvalue weighted by molar-refractivity contribution is 5.53. The molecule has 0 bridgehead atoms. The number of aromatic nitrogens is 1. The van der Waals surface area contributed by atoms with Crippen LogP contribution in [0.3, 0.4) is 0 Å². The van der Waals surface area contributed by atoms with E-state index in [0.717, 1.165) is 49.6 Å². The number of oxazole rings is 1. The van der Waals surface area contributed by atoms with Crippen molar-refractivity contribution in [2.24, 2.45) is 0 Å². The van der Waals surface area contributed by atoms with Gasteiger partial charge in [0.15, 0.2) is 0 Å². The van der Waals surface area contributed by atoms with Crippen LogP contribution in [-0.2, 0) is 0 Å². The SMILES string of the molecule is COc1ccc(N2CCN(c3oc(C4CC4c4ccc(F)cc4)nc3C#N)CC2)cc1. The lowest BCUT2D eigenvalue weighted by molar-refractivity contribution is 0.415. The Morgan fingerprint density at radius 3 is 2.32 bits per heavy atom. The van der Waals surface area contributed by atoms with Gasteiger partial charge in [-0.05, 0) is 54.3 Å². The van der Waals surface area contributed by atoms with E-state index >= 15 is 0 Å². The Kier molecular flexibility index (Phi) is 4.99. The van der Waals surface area contributed by atoms with Gasteiger partial charge in [-0.25, -0.2) is 9.37 Å². The zero-order chi connectivity index (χ0) is 21.4. The van der Waals surface area contributed by atoms with Crippen molar-refractivity contribution in [2.45, 2.75) is 18.3 Å². The third-order valence-corrected chi connectivity index (χ3v) is 6.14. The van der Waals surface area contributed by atoms with E-state index in [-0.39, 0.29) is 17.7 Å². The normalized spacial score (nSPS) is 20.4. The van der Waals surface area contributed by atoms with Gasteiger partial charge in [-0.2, -0.15) is 5.26 Å². The second kappa shape index (κ2) is 7.95. The van der Waals surface area contributed by atoms with Crippen molar-refractivity contribution >= 4 is 11.6 Å². The molecule has 2 fully saturated rings. The fourth-order valence-electron chi connectivity index (χ4n) is 4.28. The van der Waals surface area contributed by atoms with Gasteiger partial charge in [-0.1, -0.05) is 12.1 Å². The van der Waals surface area contributed by atoms with Crippen LogP contribution in [0.4, 0.5) is 16.0 Å². The molecule has 1 aliphatic carbocycles. The number of piperazine rings is 1. The van der Waals surface area contributed by atoms with Crippen LogP contribution in [0.25, 0.3) is 0 Å². The third kappa shape index (κ3) is 3.81. The minimum Gasteiger partial charge on any atom is -0.497 e. The molecule has 1 aliphatic heterocycles. The summed E-state index contributed by atoms with van der Waals surface area (Å²) < 4.78 is 24.5. The fourth-order valence-corrected chi connectivity index (χ4v) is 4.28. The maximum Gasteiger partial charge on any atom is 0.234 e. The monoisotopic (exact) mass is 418 g/mol. The molecule has 1 saturated carbocycles. The number of hydrogen-bond acceptors (Lipinski definition) is 6. The van der Waals surface area contributed by atoms with E-state index in [9.17, 15) is 9.65 Å². The molecule has 0 spiro atoms. The average molecular weight is 418 g/mol. The van der Waals surface area contributed by atoms with E-state index in [0.29, 0.717) is 17.5 Å². The summed E-state index contributed by atoms with van der Waals surface area (Å²) >= 11 is 0. The molecular weight excluding hydrogens is 395 g/mol. The van der Waals surface area contributed by atoms with Crippen molar-refractivity contribution in [3.05, 3.63) is 71.5 Å². The maximum atomic E-state index is 13.2. The van der Waals surface area contributed by atoms with E-state index in [2.05, 4.69) is 33.0 Å². The summed E-state index contributed by atoms with van der Waals surface area (Å²) in [6.07, 6.45) is 0.904. The van der Waals surface area contributed by atoms with Crippen molar-refractivity contribution in [3.8, 4) is 11.8 Å². The van der Waals surface area contributed by atoms with Crippen LogP contribution in [0.2, 0.25) is 0 Å². The lowest BCUT2D eigenvalue weighted by atomic mass is 10.1. The molecule has 5 rings (SSSR count). The molecule has 0 amide bonds. The molecule has 1 saturated heterocycles. The van der Waals surface area contributed by atoms with Gasteiger partial charge in [-0.15, -0.1) is 0 Å². The number of hydrogen-bond donors (Lipinski definition) is 0. The molecule has 2 heterocycles. The number of anilines is 2. The van der Waals surface area contributed by atoms with Crippen LogP contribution in [0, 0.1) is 17.1 Å². The van der Waals surface area contributed by atoms with Gasteiger partial charge < -0.3 is 19.0 Å². The van der Waals surface area contributed by atoms with Crippen molar-refractivity contribution in [3.63, 3.8) is 0 Å². The molecular formula is C24H23FN4O2. The highest BCUT2D eigenvalue weighted by atomic mass is 19.1. The maximum absolute atomic E-state index is 13.2. The first-order valence-electron chi connectivity index (χ1n) is 10.5. The lowest BCUT2D eigenvalue weighted by Gasteiger charge is -2.35. The molecule has 2 aromatic carbocycles. The van der Waals surface area contributed by atoms with Crippen molar-refractivity contribution in [2.75, 3.05) is 43.1 Å². The number of rotatable bonds is 5. The van der Waals surface area contributed by atoms with E-state index in [1.54, 1.807) is 7.11 Å². The van der Waals surface area contributed by atoms with Gasteiger partial charge >= 0.3 is 0 Å². The second-order valence-electron chi connectivity index (χ2n) is 7.99. The predicted octanol–water partition coefficient (Wildman–Crippen LogP) is 4.29. The first-order valence-corrected chi connectivity index (χ1v) is 10.5. The fraction of sp³-hybridized carbons (Fsp3) is 0.333. The molecule has 2 aliphatic rings. The standard InChI is InChI=1S/C24H23FN4O2/c1-30-19-8-6-18(7-9-19)28-10-12-29(13-11-28)24-22(15-26)27-23(31-24)21-14-20(21)16-2-4-17(25)5-3-16/h2-9,20-21H,10-14H2,1H3. The van der Waals surface area contributed by atoms with Crippen molar-refractivity contribution < 1.29 is 13.5 Å². The van der Waals surface area contributed by atoms with E-state index in [1.165, 1.54) is 12.1 Å². The Hall–Kier alpha value is -3.53. The molecule has 0 N–H and O–H groups in total. The largest absolute Gasteiger partial charge is 0.497 e. The summed E-state index contributed by atoms with van der Waals surface area (Å²) in [5.41, 5.74) is 2.58. The number of benzene rings is 2. The van der Waals surface area contributed by atoms with Crippen LogP contribution >= 0.6 is 0 Å². The number of ether oxygens (including phenoxy) is 1. The summed E-state index contributed by atoms with van der Waals surface area (Å²) in [6.45, 7) is 3.16. The predicted molar refractivity (Wildman–Crippen MR) is 115 cm³/mol. The van der Waals surface area contributed by atoms with Gasteiger partial charge in [0.05, 0.1) is 7.11 Å². The van der Waals surface area contributed by atoms with Gasteiger partial charge in [0.1, 0.15) is 17.6 Å². The zero-order valence-electron chi connectivity index (χ0n) is 17.3. The summed E-state index contributed by atoms with van der Waals surface area (Å²) in [5, 5.41) is 9.59. The Bertz CT molecular complexity index is 1100. The smallest absolute Gasteiger partial charge is 0.234 e. The average Bonchev–Trinajstić information content (AvgIpc) is 3.50. The third-order valence-electron chi connectivity index (χ3n) is 6.14. The van der Waals surface area contributed by atoms with Crippen LogP contribution in [-0.4, -0.2) is 38.3 Å². The Morgan fingerprint density at radius 1 is 1.00 bits per heavy atom. The first-order chi connectivity index (χ1) is 15.2. The summed E-state index contributed by atoms with van der Waals surface area (Å²) in [7, 11) is 1.66. The summed E-state index contributed by atoms with van der Waals surface area (Å²) in [4.78, 5) is 8.90. The van der Waals surface area contributed by atoms with Crippen LogP contribution in [0.15, 0.2) is 52.9 Å². The van der Waals surface area contributed by atoms with Crippen molar-refractivity contribution in [1.29, 1.82) is 5.26 Å². The Balaban J connectivity index is 1.26. The highest BCUT2D eigenvalue weighted by Crippen LogP contribution is 2.55. The zero-order valence-corrected chi connectivity index (χ0v) is 17.3. The van der Waals surface area contributed by atoms with E-state index in [4.69, 9.17) is 9.15 Å². The molecule has 7 heteroatoms. The minimum absolute atomic E-state index is 0.145. The molecule has 1 aromatic heterocycles. The number of halogens is 1. The molecule has 2 atom stereocenters. The van der Waals surface area contributed by atoms with E-state index < -0.39 is 0 Å². The van der Waals surface area contributed by atoms with Crippen LogP contribution in [0.5, 0.6) is 5.75 Å². The number of nitriles is 1. The molecule has 0 radical (unpaired) electrons. The van der Waals surface area contributed by atoms with Gasteiger partial charge in [-0.3, -0.25) is 0 Å². The molecule has 2 unspecified atom stereocenters. The quantitative estimate of drug-likeness (QED) is 0.616. The topological polar surface area (TPSA) is 65.5 Å². The molecule has 6 nitrogen and oxygen atoms in total. The van der Waals surface area contributed by atoms with Gasteiger partial charge in [0.2, 0.25) is 17.5 Å². The summed E-state index contributed by atoms with van der Waals surface area (Å²) in [6, 6.07) is 16.8. The minimum atomic E-state index is -0.236. The van der Waals surface area contributed by atoms with Crippen LogP contribution < -0.4 is 14.5 Å². The molecule has 158 valence electrons. The number of methoxy groups -OCH3 is 1. The lowest BCUT2D eigenvalue weighted by Crippen LogP contribution is -2.46. The van der Waals surface area contributed by atoms with Gasteiger partial charge in [0, 0.05) is 37.8 Å². The Labute approximate surface area is 180 Å².